The van der Waals surface area contributed by atoms with Crippen molar-refractivity contribution in [2.75, 3.05) is 5.32 Å². The first-order valence-electron chi connectivity index (χ1n) is 5.71. The molecule has 0 radical (unpaired) electrons. The lowest BCUT2D eigenvalue weighted by molar-refractivity contribution is -0.137. The van der Waals surface area contributed by atoms with Gasteiger partial charge in [0.15, 0.2) is 0 Å². The van der Waals surface area contributed by atoms with E-state index in [-0.39, 0.29) is 12.4 Å². The third-order valence-corrected chi connectivity index (χ3v) is 3.07. The molecular weight excluding hydrogens is 338 g/mol. The van der Waals surface area contributed by atoms with E-state index in [1.165, 1.54) is 18.2 Å². The second-order valence-electron chi connectivity index (χ2n) is 4.21. The van der Waals surface area contributed by atoms with Crippen LogP contribution in [-0.4, -0.2) is 0 Å². The molecule has 1 N–H and O–H groups in total. The number of alkyl halides is 3. The van der Waals surface area contributed by atoms with Gasteiger partial charge in [-0.3, -0.25) is 0 Å². The normalized spacial score (nSPS) is 11.4. The maximum absolute atomic E-state index is 13.0. The van der Waals surface area contributed by atoms with Crippen molar-refractivity contribution >= 4 is 21.6 Å². The van der Waals surface area contributed by atoms with E-state index in [1.54, 1.807) is 12.1 Å². The molecule has 0 fully saturated rings. The summed E-state index contributed by atoms with van der Waals surface area (Å²) in [5.74, 6) is -0.380. The highest BCUT2D eigenvalue weighted by molar-refractivity contribution is 9.10. The molecule has 0 spiro atoms. The molecular formula is C14H10BrF4N. The molecule has 0 bridgehead atoms. The zero-order valence-corrected chi connectivity index (χ0v) is 11.7. The minimum Gasteiger partial charge on any atom is -0.381 e. The van der Waals surface area contributed by atoms with E-state index >= 15 is 0 Å². The number of hydrogen-bond acceptors (Lipinski definition) is 1. The molecule has 106 valence electrons. The molecule has 20 heavy (non-hydrogen) atoms. The second-order valence-corrected chi connectivity index (χ2v) is 5.13. The maximum Gasteiger partial charge on any atom is 0.416 e. The first-order chi connectivity index (χ1) is 9.34. The van der Waals surface area contributed by atoms with E-state index in [2.05, 4.69) is 21.2 Å². The summed E-state index contributed by atoms with van der Waals surface area (Å²) in [6, 6.07) is 9.44. The standard InChI is InChI=1S/C14H10BrF4N/c15-11-5-10(14(17,18)19)6-13(7-11)20-8-9-2-1-3-12(16)4-9/h1-7,20H,8H2. The first-order valence-corrected chi connectivity index (χ1v) is 6.50. The van der Waals surface area contributed by atoms with Crippen LogP contribution in [0, 0.1) is 5.82 Å². The molecule has 1 nitrogen and oxygen atoms in total. The molecule has 0 heterocycles. The third-order valence-electron chi connectivity index (χ3n) is 2.61. The largest absolute Gasteiger partial charge is 0.416 e. The van der Waals surface area contributed by atoms with Crippen LogP contribution in [0.1, 0.15) is 11.1 Å². The second kappa shape index (κ2) is 5.83. The summed E-state index contributed by atoms with van der Waals surface area (Å²) >= 11 is 3.04. The predicted octanol–water partition coefficient (Wildman–Crippen LogP) is 5.22. The Morgan fingerprint density at radius 3 is 2.45 bits per heavy atom. The Bertz CT molecular complexity index is 610. The van der Waals surface area contributed by atoms with Gasteiger partial charge in [-0.05, 0) is 35.9 Å². The molecule has 0 saturated heterocycles. The summed E-state index contributed by atoms with van der Waals surface area (Å²) in [7, 11) is 0. The van der Waals surface area contributed by atoms with Crippen molar-refractivity contribution in [2.45, 2.75) is 12.7 Å². The van der Waals surface area contributed by atoms with E-state index in [4.69, 9.17) is 0 Å². The smallest absolute Gasteiger partial charge is 0.381 e. The maximum atomic E-state index is 13.0. The van der Waals surface area contributed by atoms with Gasteiger partial charge in [-0.1, -0.05) is 28.1 Å². The van der Waals surface area contributed by atoms with Crippen LogP contribution in [0.15, 0.2) is 46.9 Å². The van der Waals surface area contributed by atoms with Crippen LogP contribution in [0.3, 0.4) is 0 Å². The van der Waals surface area contributed by atoms with E-state index in [0.717, 1.165) is 12.1 Å². The van der Waals surface area contributed by atoms with Crippen molar-refractivity contribution in [3.05, 3.63) is 63.9 Å². The van der Waals surface area contributed by atoms with Crippen LogP contribution < -0.4 is 5.32 Å². The van der Waals surface area contributed by atoms with E-state index in [1.807, 2.05) is 0 Å². The fourth-order valence-corrected chi connectivity index (χ4v) is 2.20. The highest BCUT2D eigenvalue weighted by Crippen LogP contribution is 2.33. The Hall–Kier alpha value is -1.56. The average Bonchev–Trinajstić information content (AvgIpc) is 2.35. The Kier molecular flexibility index (Phi) is 4.32. The fraction of sp³-hybridized carbons (Fsp3) is 0.143. The van der Waals surface area contributed by atoms with E-state index < -0.39 is 11.7 Å². The Morgan fingerprint density at radius 1 is 1.05 bits per heavy atom. The molecule has 2 aromatic rings. The Morgan fingerprint density at radius 2 is 1.80 bits per heavy atom. The molecule has 0 saturated carbocycles. The van der Waals surface area contributed by atoms with Crippen LogP contribution in [0.25, 0.3) is 0 Å². The van der Waals surface area contributed by atoms with Crippen molar-refractivity contribution in [1.82, 2.24) is 0 Å². The van der Waals surface area contributed by atoms with Gasteiger partial charge in [-0.25, -0.2) is 4.39 Å². The quantitative estimate of drug-likeness (QED) is 0.750. The number of hydrogen-bond donors (Lipinski definition) is 1. The molecule has 0 aliphatic carbocycles. The predicted molar refractivity (Wildman–Crippen MR) is 72.9 cm³/mol. The van der Waals surface area contributed by atoms with Gasteiger partial charge < -0.3 is 5.32 Å². The minimum absolute atomic E-state index is 0.242. The number of nitrogens with one attached hydrogen (secondary N) is 1. The van der Waals surface area contributed by atoms with Crippen LogP contribution in [0.5, 0.6) is 0 Å². The molecule has 0 aliphatic rings. The molecule has 0 aromatic heterocycles. The zero-order valence-electron chi connectivity index (χ0n) is 10.1. The molecule has 0 amide bonds. The summed E-state index contributed by atoms with van der Waals surface area (Å²) in [6.07, 6.45) is -4.40. The third kappa shape index (κ3) is 3.96. The summed E-state index contributed by atoms with van der Waals surface area (Å²) in [4.78, 5) is 0. The molecule has 6 heteroatoms. The molecule has 0 aliphatic heterocycles. The molecule has 2 aromatic carbocycles. The highest BCUT2D eigenvalue weighted by atomic mass is 79.9. The number of halogens is 5. The van der Waals surface area contributed by atoms with Gasteiger partial charge in [-0.15, -0.1) is 0 Å². The van der Waals surface area contributed by atoms with Crippen LogP contribution >= 0.6 is 15.9 Å². The van der Waals surface area contributed by atoms with Gasteiger partial charge in [-0.2, -0.15) is 13.2 Å². The van der Waals surface area contributed by atoms with Gasteiger partial charge in [0.25, 0.3) is 0 Å². The van der Waals surface area contributed by atoms with Crippen molar-refractivity contribution in [1.29, 1.82) is 0 Å². The SMILES string of the molecule is Fc1cccc(CNc2cc(Br)cc(C(F)(F)F)c2)c1. The number of anilines is 1. The Balaban J connectivity index is 2.16. The lowest BCUT2D eigenvalue weighted by atomic mass is 10.1. The van der Waals surface area contributed by atoms with Gasteiger partial charge >= 0.3 is 6.18 Å². The van der Waals surface area contributed by atoms with Crippen LogP contribution in [0.2, 0.25) is 0 Å². The van der Waals surface area contributed by atoms with Gasteiger partial charge in [0.1, 0.15) is 5.82 Å². The van der Waals surface area contributed by atoms with Crippen LogP contribution in [-0.2, 0) is 12.7 Å². The van der Waals surface area contributed by atoms with E-state index in [9.17, 15) is 17.6 Å². The summed E-state index contributed by atoms with van der Waals surface area (Å²) in [5, 5.41) is 2.84. The molecule has 0 unspecified atom stereocenters. The van der Waals surface area contributed by atoms with Crippen molar-refractivity contribution in [3.8, 4) is 0 Å². The highest BCUT2D eigenvalue weighted by Gasteiger charge is 2.31. The monoisotopic (exact) mass is 347 g/mol. The summed E-state index contributed by atoms with van der Waals surface area (Å²) < 4.78 is 51.3. The summed E-state index contributed by atoms with van der Waals surface area (Å²) in [5.41, 5.74) is 0.225. The Labute approximate surface area is 121 Å². The minimum atomic E-state index is -4.40. The van der Waals surface area contributed by atoms with E-state index in [0.29, 0.717) is 15.7 Å². The van der Waals surface area contributed by atoms with Gasteiger partial charge in [0, 0.05) is 16.7 Å². The van der Waals surface area contributed by atoms with Crippen molar-refractivity contribution < 1.29 is 17.6 Å². The molecule has 0 atom stereocenters. The first kappa shape index (κ1) is 14.8. The lowest BCUT2D eigenvalue weighted by Gasteiger charge is -2.12. The topological polar surface area (TPSA) is 12.0 Å². The van der Waals surface area contributed by atoms with Crippen molar-refractivity contribution in [2.24, 2.45) is 0 Å². The number of rotatable bonds is 3. The van der Waals surface area contributed by atoms with Gasteiger partial charge in [0.2, 0.25) is 0 Å². The molecule has 2 rings (SSSR count). The summed E-state index contributed by atoms with van der Waals surface area (Å²) in [6.45, 7) is 0.242. The van der Waals surface area contributed by atoms with Crippen molar-refractivity contribution in [3.63, 3.8) is 0 Å². The number of benzene rings is 2. The lowest BCUT2D eigenvalue weighted by Crippen LogP contribution is -2.07. The average molecular weight is 348 g/mol. The van der Waals surface area contributed by atoms with Crippen LogP contribution in [0.4, 0.5) is 23.2 Å². The fourth-order valence-electron chi connectivity index (χ4n) is 1.71. The zero-order chi connectivity index (χ0) is 14.8. The van der Waals surface area contributed by atoms with Gasteiger partial charge in [0.05, 0.1) is 5.56 Å².